The van der Waals surface area contributed by atoms with Gasteiger partial charge in [0.1, 0.15) is 6.10 Å². The second-order valence-electron chi connectivity index (χ2n) is 6.39. The number of carbonyl (C=O) groups is 1. The first-order chi connectivity index (χ1) is 12.1. The zero-order valence-corrected chi connectivity index (χ0v) is 15.4. The van der Waals surface area contributed by atoms with E-state index in [4.69, 9.17) is 4.74 Å². The fraction of sp³-hybridized carbons (Fsp3) is 0.350. The Bertz CT molecular complexity index is 694. The van der Waals surface area contributed by atoms with E-state index in [1.54, 1.807) is 0 Å². The lowest BCUT2D eigenvalue weighted by Crippen LogP contribution is -2.25. The first kappa shape index (κ1) is 17.7. The van der Waals surface area contributed by atoms with Crippen LogP contribution in [-0.2, 0) is 9.53 Å². The van der Waals surface area contributed by atoms with Gasteiger partial charge < -0.3 is 14.5 Å². The Hall–Kier alpha value is -2.14. The highest BCUT2D eigenvalue weighted by Gasteiger charge is 2.25. The number of hydrogen-bond donors (Lipinski definition) is 1. The van der Waals surface area contributed by atoms with E-state index in [1.165, 1.54) is 16.8 Å². The van der Waals surface area contributed by atoms with Crippen molar-refractivity contribution in [1.82, 2.24) is 4.90 Å². The van der Waals surface area contributed by atoms with Gasteiger partial charge in [0.25, 0.3) is 0 Å². The first-order valence-electron chi connectivity index (χ1n) is 8.56. The molecule has 1 unspecified atom stereocenters. The van der Waals surface area contributed by atoms with Crippen LogP contribution in [0.25, 0.3) is 6.08 Å². The molecule has 1 atom stereocenters. The third kappa shape index (κ3) is 4.92. The normalized spacial score (nSPS) is 20.2. The lowest BCUT2D eigenvalue weighted by Gasteiger charge is -2.18. The third-order valence-electron chi connectivity index (χ3n) is 4.44. The van der Waals surface area contributed by atoms with Gasteiger partial charge in [-0.3, -0.25) is 4.79 Å². The maximum absolute atomic E-state index is 11.3. The van der Waals surface area contributed by atoms with Gasteiger partial charge in [0.15, 0.2) is 0 Å². The molecule has 0 spiro atoms. The van der Waals surface area contributed by atoms with Gasteiger partial charge in [0, 0.05) is 32.2 Å². The molecule has 0 amide bonds. The van der Waals surface area contributed by atoms with Crippen LogP contribution in [-0.4, -0.2) is 49.4 Å². The van der Waals surface area contributed by atoms with Gasteiger partial charge in [0.05, 0.1) is 12.3 Å². The van der Waals surface area contributed by atoms with E-state index in [-0.39, 0.29) is 17.8 Å². The van der Waals surface area contributed by atoms with Crippen molar-refractivity contribution in [2.45, 2.75) is 12.5 Å². The number of thiol groups is 1. The minimum atomic E-state index is -0.243. The summed E-state index contributed by atoms with van der Waals surface area (Å²) in [6.07, 6.45) is 11.5. The van der Waals surface area contributed by atoms with Crippen molar-refractivity contribution in [3.05, 3.63) is 59.8 Å². The molecule has 0 aliphatic carbocycles. The molecule has 2 heterocycles. The molecular weight excluding hydrogens is 332 g/mol. The number of likely N-dealkylation sites (N-methyl/N-ethyl adjacent to an activating group) is 1. The summed E-state index contributed by atoms with van der Waals surface area (Å²) in [5.74, 6) is -0.104. The minimum Gasteiger partial charge on any atom is -0.460 e. The molecule has 5 heteroatoms. The first-order valence-corrected chi connectivity index (χ1v) is 9.19. The highest BCUT2D eigenvalue weighted by molar-refractivity contribution is 7.81. The topological polar surface area (TPSA) is 32.8 Å². The Kier molecular flexibility index (Phi) is 5.87. The van der Waals surface area contributed by atoms with Crippen LogP contribution < -0.4 is 4.90 Å². The molecule has 4 nitrogen and oxygen atoms in total. The molecular formula is C20H24N2O2S. The number of ether oxygens (including phenoxy) is 1. The van der Waals surface area contributed by atoms with Gasteiger partial charge in [-0.1, -0.05) is 30.4 Å². The Morgan fingerprint density at radius 2 is 2.12 bits per heavy atom. The van der Waals surface area contributed by atoms with Crippen molar-refractivity contribution in [2.75, 3.05) is 37.3 Å². The standard InChI is InChI=1S/C20H24N2O2S/c1-21-11-8-17(9-12-21)3-2-16-4-6-18(7-5-16)22-13-10-19(14-22)24-20(23)15-25/h2-9,11,19,25H,10,12-15H2,1H3/b3-2+. The fourth-order valence-corrected chi connectivity index (χ4v) is 3.06. The molecule has 0 saturated carbocycles. The number of rotatable bonds is 5. The van der Waals surface area contributed by atoms with Gasteiger partial charge in [-0.15, -0.1) is 0 Å². The van der Waals surface area contributed by atoms with E-state index in [9.17, 15) is 4.79 Å². The molecule has 1 aromatic rings. The van der Waals surface area contributed by atoms with Gasteiger partial charge in [-0.25, -0.2) is 0 Å². The Labute approximate surface area is 154 Å². The van der Waals surface area contributed by atoms with E-state index >= 15 is 0 Å². The molecule has 0 bridgehead atoms. The number of nitrogens with zero attached hydrogens (tertiary/aromatic N) is 2. The SMILES string of the molecule is CN1C=CC(/C=C/c2ccc(N3CCC(OC(=O)CS)C3)cc2)=CC1. The number of allylic oxidation sites excluding steroid dienone is 3. The average Bonchev–Trinajstić information content (AvgIpc) is 3.10. The summed E-state index contributed by atoms with van der Waals surface area (Å²) in [5, 5.41) is 0. The molecule has 2 aliphatic heterocycles. The number of hydrogen-bond acceptors (Lipinski definition) is 5. The van der Waals surface area contributed by atoms with Gasteiger partial charge in [-0.2, -0.15) is 12.6 Å². The van der Waals surface area contributed by atoms with Crippen LogP contribution in [0.2, 0.25) is 0 Å². The minimum absolute atomic E-state index is 0.0256. The largest absolute Gasteiger partial charge is 0.460 e. The van der Waals surface area contributed by atoms with E-state index in [2.05, 4.69) is 84.2 Å². The number of carbonyl (C=O) groups excluding carboxylic acids is 1. The molecule has 0 radical (unpaired) electrons. The number of benzene rings is 1. The molecule has 2 aliphatic rings. The molecule has 0 aromatic heterocycles. The molecule has 1 aromatic carbocycles. The number of anilines is 1. The third-order valence-corrected chi connectivity index (χ3v) is 4.69. The summed E-state index contributed by atoms with van der Waals surface area (Å²) in [4.78, 5) is 15.7. The second kappa shape index (κ2) is 8.30. The average molecular weight is 356 g/mol. The van der Waals surface area contributed by atoms with Crippen LogP contribution in [0.1, 0.15) is 12.0 Å². The smallest absolute Gasteiger partial charge is 0.315 e. The van der Waals surface area contributed by atoms with Crippen molar-refractivity contribution < 1.29 is 9.53 Å². The second-order valence-corrected chi connectivity index (χ2v) is 6.71. The van der Waals surface area contributed by atoms with Gasteiger partial charge in [0.2, 0.25) is 0 Å². The van der Waals surface area contributed by atoms with Crippen molar-refractivity contribution in [2.24, 2.45) is 0 Å². The van der Waals surface area contributed by atoms with Crippen LogP contribution in [0.15, 0.2) is 54.3 Å². The molecule has 0 N–H and O–H groups in total. The van der Waals surface area contributed by atoms with E-state index < -0.39 is 0 Å². The predicted octanol–water partition coefficient (Wildman–Crippen LogP) is 3.14. The molecule has 1 saturated heterocycles. The highest BCUT2D eigenvalue weighted by Crippen LogP contribution is 2.23. The quantitative estimate of drug-likeness (QED) is 0.649. The highest BCUT2D eigenvalue weighted by atomic mass is 32.1. The van der Waals surface area contributed by atoms with E-state index in [0.29, 0.717) is 0 Å². The summed E-state index contributed by atoms with van der Waals surface area (Å²) in [6.45, 7) is 2.60. The summed E-state index contributed by atoms with van der Waals surface area (Å²) >= 11 is 3.95. The Morgan fingerprint density at radius 3 is 2.80 bits per heavy atom. The molecule has 132 valence electrons. The molecule has 1 fully saturated rings. The van der Waals surface area contributed by atoms with Crippen molar-refractivity contribution in [1.29, 1.82) is 0 Å². The maximum Gasteiger partial charge on any atom is 0.315 e. The molecule has 3 rings (SSSR count). The maximum atomic E-state index is 11.3. The number of esters is 1. The molecule has 25 heavy (non-hydrogen) atoms. The summed E-state index contributed by atoms with van der Waals surface area (Å²) in [7, 11) is 2.06. The van der Waals surface area contributed by atoms with E-state index in [1.807, 2.05) is 0 Å². The van der Waals surface area contributed by atoms with Crippen molar-refractivity contribution >= 4 is 30.4 Å². The Morgan fingerprint density at radius 1 is 1.32 bits per heavy atom. The van der Waals surface area contributed by atoms with Gasteiger partial charge in [-0.05, 0) is 35.5 Å². The van der Waals surface area contributed by atoms with Crippen LogP contribution >= 0.6 is 12.6 Å². The fourth-order valence-electron chi connectivity index (χ4n) is 2.99. The predicted molar refractivity (Wildman–Crippen MR) is 106 cm³/mol. The lowest BCUT2D eigenvalue weighted by atomic mass is 10.1. The van der Waals surface area contributed by atoms with E-state index in [0.717, 1.165) is 26.1 Å². The van der Waals surface area contributed by atoms with Gasteiger partial charge >= 0.3 is 5.97 Å². The van der Waals surface area contributed by atoms with Crippen LogP contribution in [0.5, 0.6) is 0 Å². The summed E-state index contributed by atoms with van der Waals surface area (Å²) in [5.41, 5.74) is 3.57. The monoisotopic (exact) mass is 356 g/mol. The van der Waals surface area contributed by atoms with Crippen molar-refractivity contribution in [3.63, 3.8) is 0 Å². The van der Waals surface area contributed by atoms with Crippen LogP contribution in [0.3, 0.4) is 0 Å². The van der Waals surface area contributed by atoms with Crippen LogP contribution in [0.4, 0.5) is 5.69 Å². The summed E-state index contributed by atoms with van der Waals surface area (Å²) in [6, 6.07) is 8.50. The Balaban J connectivity index is 1.56. The van der Waals surface area contributed by atoms with Crippen molar-refractivity contribution in [3.8, 4) is 0 Å². The summed E-state index contributed by atoms with van der Waals surface area (Å²) < 4.78 is 5.36. The lowest BCUT2D eigenvalue weighted by molar-refractivity contribution is -0.144. The zero-order chi connectivity index (χ0) is 17.6. The zero-order valence-electron chi connectivity index (χ0n) is 14.5. The van der Waals surface area contributed by atoms with Crippen LogP contribution in [0, 0.1) is 0 Å².